The summed E-state index contributed by atoms with van der Waals surface area (Å²) in [6, 6.07) is 11.8. The van der Waals surface area contributed by atoms with Gasteiger partial charge in [-0.1, -0.05) is 23.7 Å². The van der Waals surface area contributed by atoms with Crippen LogP contribution in [0.5, 0.6) is 0 Å². The van der Waals surface area contributed by atoms with Crippen LogP contribution >= 0.6 is 11.6 Å². The molecular formula is C18H16ClN5O3S. The second kappa shape index (κ2) is 6.92. The van der Waals surface area contributed by atoms with Crippen LogP contribution in [0, 0.1) is 6.92 Å². The Morgan fingerprint density at radius 2 is 1.86 bits per heavy atom. The molecule has 0 saturated heterocycles. The van der Waals surface area contributed by atoms with Gasteiger partial charge >= 0.3 is 0 Å². The molecule has 0 bridgehead atoms. The molecule has 0 atom stereocenters. The van der Waals surface area contributed by atoms with E-state index < -0.39 is 10.0 Å². The lowest BCUT2D eigenvalue weighted by molar-refractivity contribution is 0.558. The van der Waals surface area contributed by atoms with Crippen LogP contribution in [0.1, 0.15) is 17.3 Å². The molecule has 2 heterocycles. The predicted octanol–water partition coefficient (Wildman–Crippen LogP) is 2.99. The van der Waals surface area contributed by atoms with Gasteiger partial charge in [0.1, 0.15) is 5.52 Å². The third kappa shape index (κ3) is 3.46. The van der Waals surface area contributed by atoms with E-state index in [-0.39, 0.29) is 10.8 Å². The largest absolute Gasteiger partial charge is 0.441 e. The molecule has 0 amide bonds. The first kappa shape index (κ1) is 18.5. The minimum Gasteiger partial charge on any atom is -0.441 e. The number of nitrogen functional groups attached to an aromatic ring is 1. The lowest BCUT2D eigenvalue weighted by Gasteiger charge is -2.04. The number of oxazole rings is 1. The number of nitrogens with zero attached hydrogens (tertiary/aromatic N) is 4. The number of aromatic nitrogens is 4. The molecule has 4 aromatic rings. The standard InChI is InChI=1S/C18H16ClN5O3S/c1-11-21-15-8-7-14(10-16(15)27-11)28(25,26)24-18(20)22-17(23-24)9-4-12-2-5-13(19)6-3-12/h2-3,5-8,10H,4,9H2,1H3,(H2,20,22,23). The molecule has 0 aliphatic rings. The molecule has 144 valence electrons. The van der Waals surface area contributed by atoms with E-state index in [4.69, 9.17) is 21.8 Å². The molecule has 8 nitrogen and oxygen atoms in total. The number of aryl methyl sites for hydroxylation is 3. The van der Waals surface area contributed by atoms with E-state index in [0.717, 1.165) is 9.65 Å². The van der Waals surface area contributed by atoms with E-state index in [9.17, 15) is 8.42 Å². The number of nitrogens with two attached hydrogens (primary N) is 1. The van der Waals surface area contributed by atoms with Crippen molar-refractivity contribution >= 4 is 38.7 Å². The zero-order chi connectivity index (χ0) is 19.9. The Balaban J connectivity index is 1.61. The fourth-order valence-electron chi connectivity index (χ4n) is 2.82. The molecule has 0 radical (unpaired) electrons. The Morgan fingerprint density at radius 3 is 2.61 bits per heavy atom. The smallest absolute Gasteiger partial charge is 0.286 e. The maximum atomic E-state index is 12.9. The summed E-state index contributed by atoms with van der Waals surface area (Å²) >= 11 is 5.88. The predicted molar refractivity (Wildman–Crippen MR) is 105 cm³/mol. The van der Waals surface area contributed by atoms with Crippen LogP contribution in [0.3, 0.4) is 0 Å². The normalized spacial score (nSPS) is 11.9. The second-order valence-electron chi connectivity index (χ2n) is 6.22. The first-order chi connectivity index (χ1) is 13.3. The summed E-state index contributed by atoms with van der Waals surface area (Å²) in [6.45, 7) is 1.69. The first-order valence-electron chi connectivity index (χ1n) is 8.41. The van der Waals surface area contributed by atoms with Crippen LogP contribution in [0.15, 0.2) is 51.8 Å². The average Bonchev–Trinajstić information content (AvgIpc) is 3.22. The first-order valence-corrected chi connectivity index (χ1v) is 10.2. The number of hydrogen-bond acceptors (Lipinski definition) is 7. The maximum absolute atomic E-state index is 12.9. The van der Waals surface area contributed by atoms with Gasteiger partial charge < -0.3 is 10.2 Å². The van der Waals surface area contributed by atoms with Crippen molar-refractivity contribution in [3.05, 3.63) is 64.8 Å². The number of halogens is 1. The topological polar surface area (TPSA) is 117 Å². The van der Waals surface area contributed by atoms with Crippen LogP contribution in [0.4, 0.5) is 5.95 Å². The van der Waals surface area contributed by atoms with Crippen LogP contribution in [-0.4, -0.2) is 27.6 Å². The maximum Gasteiger partial charge on any atom is 0.286 e. The van der Waals surface area contributed by atoms with Crippen molar-refractivity contribution in [1.29, 1.82) is 0 Å². The molecule has 0 saturated carbocycles. The second-order valence-corrected chi connectivity index (χ2v) is 8.43. The summed E-state index contributed by atoms with van der Waals surface area (Å²) in [5.41, 5.74) is 7.81. The van der Waals surface area contributed by atoms with Crippen molar-refractivity contribution < 1.29 is 12.8 Å². The summed E-state index contributed by atoms with van der Waals surface area (Å²) in [4.78, 5) is 8.25. The van der Waals surface area contributed by atoms with Crippen molar-refractivity contribution in [2.45, 2.75) is 24.7 Å². The quantitative estimate of drug-likeness (QED) is 0.530. The number of benzene rings is 2. The molecule has 28 heavy (non-hydrogen) atoms. The number of hydrogen-bond donors (Lipinski definition) is 1. The molecule has 0 aliphatic carbocycles. The van der Waals surface area contributed by atoms with E-state index >= 15 is 0 Å². The third-order valence-corrected chi connectivity index (χ3v) is 6.01. The summed E-state index contributed by atoms with van der Waals surface area (Å²) in [5, 5.41) is 4.75. The van der Waals surface area contributed by atoms with Gasteiger partial charge in [0.25, 0.3) is 10.0 Å². The van der Waals surface area contributed by atoms with Crippen molar-refractivity contribution in [2.75, 3.05) is 5.73 Å². The van der Waals surface area contributed by atoms with Crippen molar-refractivity contribution in [2.24, 2.45) is 0 Å². The van der Waals surface area contributed by atoms with E-state index in [1.54, 1.807) is 25.1 Å². The molecule has 2 aromatic heterocycles. The zero-order valence-corrected chi connectivity index (χ0v) is 16.4. The van der Waals surface area contributed by atoms with Gasteiger partial charge in [0.2, 0.25) is 5.95 Å². The molecule has 0 aliphatic heterocycles. The SMILES string of the molecule is Cc1nc2ccc(S(=O)(=O)n3nc(CCc4ccc(Cl)cc4)nc3N)cc2o1. The van der Waals surface area contributed by atoms with Crippen LogP contribution < -0.4 is 5.73 Å². The molecule has 10 heteroatoms. The van der Waals surface area contributed by atoms with Crippen molar-refractivity contribution in [3.8, 4) is 0 Å². The van der Waals surface area contributed by atoms with Crippen LogP contribution in [-0.2, 0) is 22.9 Å². The highest BCUT2D eigenvalue weighted by atomic mass is 35.5. The molecule has 0 spiro atoms. The molecule has 2 N–H and O–H groups in total. The van der Waals surface area contributed by atoms with Gasteiger partial charge in [-0.3, -0.25) is 0 Å². The van der Waals surface area contributed by atoms with Gasteiger partial charge in [-0.15, -0.1) is 9.19 Å². The highest BCUT2D eigenvalue weighted by Crippen LogP contribution is 2.22. The lowest BCUT2D eigenvalue weighted by Crippen LogP contribution is -2.17. The number of fused-ring (bicyclic) bond motifs is 1. The minimum absolute atomic E-state index is 0.00278. The Bertz CT molecular complexity index is 1260. The highest BCUT2D eigenvalue weighted by Gasteiger charge is 2.23. The summed E-state index contributed by atoms with van der Waals surface area (Å²) in [5.74, 6) is 0.599. The average molecular weight is 418 g/mol. The van der Waals surface area contributed by atoms with Gasteiger partial charge in [0.15, 0.2) is 17.3 Å². The molecule has 2 aromatic carbocycles. The monoisotopic (exact) mass is 417 g/mol. The Labute approximate surface area is 166 Å². The van der Waals surface area contributed by atoms with E-state index in [1.165, 1.54) is 12.1 Å². The van der Waals surface area contributed by atoms with Gasteiger partial charge in [-0.2, -0.15) is 13.4 Å². The molecular weight excluding hydrogens is 402 g/mol. The van der Waals surface area contributed by atoms with Crippen molar-refractivity contribution in [1.82, 2.24) is 19.2 Å². The Hall–Kier alpha value is -2.91. The van der Waals surface area contributed by atoms with E-state index in [1.807, 2.05) is 12.1 Å². The lowest BCUT2D eigenvalue weighted by atomic mass is 10.1. The number of rotatable bonds is 5. The molecule has 0 unspecified atom stereocenters. The summed E-state index contributed by atoms with van der Waals surface area (Å²) in [7, 11) is -4.01. The van der Waals surface area contributed by atoms with Gasteiger partial charge in [-0.05, 0) is 36.2 Å². The Kier molecular flexibility index (Phi) is 4.56. The minimum atomic E-state index is -4.01. The third-order valence-electron chi connectivity index (χ3n) is 4.19. The molecule has 0 fully saturated rings. The highest BCUT2D eigenvalue weighted by molar-refractivity contribution is 7.90. The zero-order valence-electron chi connectivity index (χ0n) is 14.8. The van der Waals surface area contributed by atoms with E-state index in [0.29, 0.717) is 40.7 Å². The summed E-state index contributed by atoms with van der Waals surface area (Å²) < 4.78 is 32.0. The summed E-state index contributed by atoms with van der Waals surface area (Å²) in [6.07, 6.45) is 1.07. The van der Waals surface area contributed by atoms with Crippen LogP contribution in [0.25, 0.3) is 11.1 Å². The molecule has 4 rings (SSSR count). The van der Waals surface area contributed by atoms with Gasteiger partial charge in [0.05, 0.1) is 4.90 Å². The number of anilines is 1. The van der Waals surface area contributed by atoms with Crippen molar-refractivity contribution in [3.63, 3.8) is 0 Å². The van der Waals surface area contributed by atoms with Gasteiger partial charge in [-0.25, -0.2) is 4.98 Å². The fraction of sp³-hybridized carbons (Fsp3) is 0.167. The fourth-order valence-corrected chi connectivity index (χ4v) is 4.13. The van der Waals surface area contributed by atoms with Crippen LogP contribution in [0.2, 0.25) is 5.02 Å². The van der Waals surface area contributed by atoms with E-state index in [2.05, 4.69) is 15.1 Å². The van der Waals surface area contributed by atoms with Gasteiger partial charge in [0, 0.05) is 24.4 Å². The Morgan fingerprint density at radius 1 is 1.11 bits per heavy atom.